The van der Waals surface area contributed by atoms with Gasteiger partial charge in [-0.1, -0.05) is 11.6 Å². The molecule has 2 aromatic rings. The Balaban J connectivity index is 2.15. The average Bonchev–Trinajstić information content (AvgIpc) is 2.90. The Bertz CT molecular complexity index is 733. The number of rotatable bonds is 4. The van der Waals surface area contributed by atoms with E-state index in [1.165, 1.54) is 31.4 Å². The highest BCUT2D eigenvalue weighted by Gasteiger charge is 2.13. The minimum absolute atomic E-state index is 0.225. The van der Waals surface area contributed by atoms with Crippen LogP contribution in [-0.4, -0.2) is 19.0 Å². The second-order valence-electron chi connectivity index (χ2n) is 4.45. The van der Waals surface area contributed by atoms with Gasteiger partial charge >= 0.3 is 5.97 Å². The van der Waals surface area contributed by atoms with E-state index in [1.807, 2.05) is 6.92 Å². The predicted octanol–water partition coefficient (Wildman–Crippen LogP) is 3.68. The van der Waals surface area contributed by atoms with Crippen molar-refractivity contribution < 1.29 is 18.7 Å². The number of carbonyl (C=O) groups is 2. The molecule has 22 heavy (non-hydrogen) atoms. The maximum Gasteiger partial charge on any atom is 0.339 e. The van der Waals surface area contributed by atoms with Crippen molar-refractivity contribution in [1.29, 1.82) is 0 Å². The molecule has 114 valence electrons. The summed E-state index contributed by atoms with van der Waals surface area (Å²) in [7, 11) is 1.27. The number of halogens is 1. The number of aryl methyl sites for hydroxylation is 1. The Labute approximate surface area is 132 Å². The van der Waals surface area contributed by atoms with E-state index in [9.17, 15) is 9.59 Å². The first-order valence-electron chi connectivity index (χ1n) is 6.43. The molecule has 0 radical (unpaired) electrons. The van der Waals surface area contributed by atoms with E-state index in [0.29, 0.717) is 10.8 Å². The summed E-state index contributed by atoms with van der Waals surface area (Å²) >= 11 is 5.89. The monoisotopic (exact) mass is 319 g/mol. The zero-order chi connectivity index (χ0) is 16.1. The average molecular weight is 320 g/mol. The van der Waals surface area contributed by atoms with Gasteiger partial charge < -0.3 is 14.5 Å². The molecule has 0 atom stereocenters. The lowest BCUT2D eigenvalue weighted by atomic mass is 10.1. The second kappa shape index (κ2) is 6.95. The normalized spacial score (nSPS) is 10.7. The lowest BCUT2D eigenvalue weighted by molar-refractivity contribution is -0.111. The molecule has 0 unspecified atom stereocenters. The van der Waals surface area contributed by atoms with Crippen LogP contribution in [0.2, 0.25) is 5.02 Å². The lowest BCUT2D eigenvalue weighted by Crippen LogP contribution is -2.13. The van der Waals surface area contributed by atoms with Crippen LogP contribution in [0.25, 0.3) is 6.08 Å². The van der Waals surface area contributed by atoms with Crippen LogP contribution in [0, 0.1) is 6.92 Å². The summed E-state index contributed by atoms with van der Waals surface area (Å²) in [6.07, 6.45) is 2.84. The van der Waals surface area contributed by atoms with Gasteiger partial charge in [-0.05, 0) is 43.3 Å². The first-order valence-corrected chi connectivity index (χ1v) is 6.81. The molecule has 0 aliphatic heterocycles. The molecule has 1 N–H and O–H groups in total. The minimum atomic E-state index is -0.558. The summed E-state index contributed by atoms with van der Waals surface area (Å²) in [4.78, 5) is 23.6. The molecule has 2 rings (SSSR count). The topological polar surface area (TPSA) is 68.5 Å². The fraction of sp³-hybridized carbons (Fsp3) is 0.125. The molecular weight excluding hydrogens is 306 g/mol. The van der Waals surface area contributed by atoms with Crippen molar-refractivity contribution in [2.45, 2.75) is 6.92 Å². The van der Waals surface area contributed by atoms with Gasteiger partial charge in [0, 0.05) is 11.1 Å². The van der Waals surface area contributed by atoms with Crippen LogP contribution in [0.4, 0.5) is 5.69 Å². The van der Waals surface area contributed by atoms with Crippen molar-refractivity contribution in [3.63, 3.8) is 0 Å². The fourth-order valence-electron chi connectivity index (χ4n) is 1.78. The Morgan fingerprint density at radius 2 is 2.05 bits per heavy atom. The molecule has 0 aliphatic rings. The van der Waals surface area contributed by atoms with E-state index in [1.54, 1.807) is 18.2 Å². The number of amides is 1. The highest BCUT2D eigenvalue weighted by atomic mass is 35.5. The molecule has 0 saturated heterocycles. The van der Waals surface area contributed by atoms with Gasteiger partial charge in [-0.15, -0.1) is 0 Å². The van der Waals surface area contributed by atoms with Crippen LogP contribution in [0.5, 0.6) is 0 Å². The van der Waals surface area contributed by atoms with Gasteiger partial charge in [-0.2, -0.15) is 0 Å². The van der Waals surface area contributed by atoms with Crippen LogP contribution in [-0.2, 0) is 9.53 Å². The van der Waals surface area contributed by atoms with Crippen molar-refractivity contribution in [1.82, 2.24) is 0 Å². The summed E-state index contributed by atoms with van der Waals surface area (Å²) in [6.45, 7) is 1.81. The Kier molecular flexibility index (Phi) is 5.01. The first-order chi connectivity index (χ1) is 10.5. The maximum atomic E-state index is 11.9. The van der Waals surface area contributed by atoms with E-state index in [-0.39, 0.29) is 11.3 Å². The number of benzene rings is 1. The smallest absolute Gasteiger partial charge is 0.339 e. The molecule has 1 heterocycles. The number of methoxy groups -OCH3 is 1. The van der Waals surface area contributed by atoms with Gasteiger partial charge in [0.25, 0.3) is 0 Å². The quantitative estimate of drug-likeness (QED) is 0.689. The van der Waals surface area contributed by atoms with Crippen molar-refractivity contribution >= 4 is 35.2 Å². The van der Waals surface area contributed by atoms with E-state index in [0.717, 1.165) is 5.76 Å². The van der Waals surface area contributed by atoms with Crippen LogP contribution in [0.1, 0.15) is 21.9 Å². The third kappa shape index (κ3) is 3.99. The summed E-state index contributed by atoms with van der Waals surface area (Å²) in [5.74, 6) is 0.342. The number of nitrogens with one attached hydrogen (secondary N) is 1. The van der Waals surface area contributed by atoms with Crippen molar-refractivity contribution in [3.8, 4) is 0 Å². The number of carbonyl (C=O) groups excluding carboxylic acids is 2. The summed E-state index contributed by atoms with van der Waals surface area (Å²) in [6, 6.07) is 8.06. The molecule has 6 heteroatoms. The molecule has 1 aromatic carbocycles. The van der Waals surface area contributed by atoms with Crippen molar-refractivity contribution in [2.75, 3.05) is 12.4 Å². The number of anilines is 1. The molecule has 0 aliphatic carbocycles. The van der Waals surface area contributed by atoms with Crippen LogP contribution >= 0.6 is 11.6 Å². The molecule has 5 nitrogen and oxygen atoms in total. The molecular formula is C16H14ClNO4. The van der Waals surface area contributed by atoms with Gasteiger partial charge in [0.1, 0.15) is 11.5 Å². The minimum Gasteiger partial charge on any atom is -0.465 e. The van der Waals surface area contributed by atoms with E-state index in [4.69, 9.17) is 16.0 Å². The largest absolute Gasteiger partial charge is 0.465 e. The summed E-state index contributed by atoms with van der Waals surface area (Å²) in [5.41, 5.74) is 0.507. The third-order valence-corrected chi connectivity index (χ3v) is 3.04. The molecule has 0 spiro atoms. The molecule has 1 aromatic heterocycles. The van der Waals surface area contributed by atoms with Crippen LogP contribution < -0.4 is 5.32 Å². The molecule has 0 fully saturated rings. The molecule has 1 amide bonds. The van der Waals surface area contributed by atoms with Crippen LogP contribution in [0.3, 0.4) is 0 Å². The van der Waals surface area contributed by atoms with Gasteiger partial charge in [0.05, 0.1) is 18.4 Å². The number of ether oxygens (including phenoxy) is 1. The van der Waals surface area contributed by atoms with Crippen molar-refractivity contribution in [3.05, 3.63) is 58.5 Å². The third-order valence-electron chi connectivity index (χ3n) is 2.80. The number of hydrogen-bond donors (Lipinski definition) is 1. The first kappa shape index (κ1) is 15.9. The summed E-state index contributed by atoms with van der Waals surface area (Å²) < 4.78 is 9.98. The summed E-state index contributed by atoms with van der Waals surface area (Å²) in [5, 5.41) is 2.99. The Morgan fingerprint density at radius 3 is 2.68 bits per heavy atom. The molecule has 0 bridgehead atoms. The van der Waals surface area contributed by atoms with Gasteiger partial charge in [0.2, 0.25) is 5.91 Å². The second-order valence-corrected chi connectivity index (χ2v) is 4.89. The van der Waals surface area contributed by atoms with Gasteiger partial charge in [-0.25, -0.2) is 4.79 Å². The Hall–Kier alpha value is -2.53. The fourth-order valence-corrected chi connectivity index (χ4v) is 1.96. The predicted molar refractivity (Wildman–Crippen MR) is 83.9 cm³/mol. The van der Waals surface area contributed by atoms with E-state index >= 15 is 0 Å². The highest BCUT2D eigenvalue weighted by Crippen LogP contribution is 2.22. The SMILES string of the molecule is COC(=O)c1ccc(Cl)cc1NC(=O)C=Cc1ccc(C)o1. The van der Waals surface area contributed by atoms with Gasteiger partial charge in [0.15, 0.2) is 0 Å². The standard InChI is InChI=1S/C16H14ClNO4/c1-10-3-5-12(22-10)6-8-15(19)18-14-9-11(17)4-7-13(14)16(20)21-2/h3-9H,1-2H3,(H,18,19). The number of furan rings is 1. The maximum absolute atomic E-state index is 11.9. The zero-order valence-electron chi connectivity index (χ0n) is 12.1. The van der Waals surface area contributed by atoms with Gasteiger partial charge in [-0.3, -0.25) is 4.79 Å². The highest BCUT2D eigenvalue weighted by molar-refractivity contribution is 6.31. The lowest BCUT2D eigenvalue weighted by Gasteiger charge is -2.08. The zero-order valence-corrected chi connectivity index (χ0v) is 12.8. The van der Waals surface area contributed by atoms with E-state index < -0.39 is 11.9 Å². The Morgan fingerprint density at radius 1 is 1.27 bits per heavy atom. The number of hydrogen-bond acceptors (Lipinski definition) is 4. The van der Waals surface area contributed by atoms with Crippen LogP contribution in [0.15, 0.2) is 40.8 Å². The number of esters is 1. The van der Waals surface area contributed by atoms with Crippen molar-refractivity contribution in [2.24, 2.45) is 0 Å². The van der Waals surface area contributed by atoms with E-state index in [2.05, 4.69) is 10.1 Å². The molecule has 0 saturated carbocycles.